The lowest BCUT2D eigenvalue weighted by atomic mass is 10.1. The summed E-state index contributed by atoms with van der Waals surface area (Å²) in [6.45, 7) is 5.58. The van der Waals surface area contributed by atoms with Crippen molar-refractivity contribution in [2.45, 2.75) is 26.8 Å². The second-order valence-corrected chi connectivity index (χ2v) is 6.82. The summed E-state index contributed by atoms with van der Waals surface area (Å²) in [6.07, 6.45) is 2.47. The van der Waals surface area contributed by atoms with Crippen molar-refractivity contribution in [2.24, 2.45) is 0 Å². The highest BCUT2D eigenvalue weighted by Gasteiger charge is 2.16. The highest BCUT2D eigenvalue weighted by molar-refractivity contribution is 6.32. The Labute approximate surface area is 175 Å². The molecule has 0 unspecified atom stereocenters. The first kappa shape index (κ1) is 20.7. The first-order valence-corrected chi connectivity index (χ1v) is 9.96. The number of aromatic nitrogens is 2. The molecule has 0 atom stereocenters. The van der Waals surface area contributed by atoms with Crippen LogP contribution in [0.4, 0.5) is 0 Å². The number of aromatic amines is 1. The lowest BCUT2D eigenvalue weighted by Crippen LogP contribution is -2.22. The van der Waals surface area contributed by atoms with E-state index < -0.39 is 0 Å². The molecule has 0 radical (unpaired) electrons. The van der Waals surface area contributed by atoms with Crippen LogP contribution < -0.4 is 14.8 Å². The van der Waals surface area contributed by atoms with E-state index in [2.05, 4.69) is 22.4 Å². The average molecular weight is 414 g/mol. The monoisotopic (exact) mass is 413 g/mol. The van der Waals surface area contributed by atoms with Gasteiger partial charge in [-0.1, -0.05) is 30.7 Å². The maximum atomic E-state index is 12.7. The van der Waals surface area contributed by atoms with Gasteiger partial charge in [0.2, 0.25) is 0 Å². The second kappa shape index (κ2) is 9.98. The van der Waals surface area contributed by atoms with Crippen LogP contribution in [-0.4, -0.2) is 29.3 Å². The van der Waals surface area contributed by atoms with Gasteiger partial charge in [-0.2, -0.15) is 5.10 Å². The van der Waals surface area contributed by atoms with Gasteiger partial charge in [0.25, 0.3) is 5.91 Å². The molecule has 0 aliphatic rings. The maximum absolute atomic E-state index is 12.7. The van der Waals surface area contributed by atoms with Gasteiger partial charge < -0.3 is 14.8 Å². The van der Waals surface area contributed by atoms with E-state index in [0.717, 1.165) is 23.3 Å². The Morgan fingerprint density at radius 1 is 1.14 bits per heavy atom. The molecule has 0 aliphatic carbocycles. The van der Waals surface area contributed by atoms with E-state index in [1.54, 1.807) is 12.1 Å². The number of amides is 1. The zero-order valence-electron chi connectivity index (χ0n) is 16.5. The van der Waals surface area contributed by atoms with E-state index >= 15 is 0 Å². The fourth-order valence-electron chi connectivity index (χ4n) is 2.81. The summed E-state index contributed by atoms with van der Waals surface area (Å²) in [7, 11) is 0. The Hall–Kier alpha value is -2.99. The number of carbonyl (C=O) groups excluding carboxylic acids is 1. The van der Waals surface area contributed by atoms with Crippen molar-refractivity contribution in [3.8, 4) is 22.8 Å². The molecule has 0 saturated carbocycles. The van der Waals surface area contributed by atoms with Gasteiger partial charge >= 0.3 is 0 Å². The number of ether oxygens (including phenoxy) is 2. The van der Waals surface area contributed by atoms with Gasteiger partial charge in [-0.05, 0) is 49.2 Å². The molecule has 0 spiro atoms. The smallest absolute Gasteiger partial charge is 0.255 e. The van der Waals surface area contributed by atoms with E-state index in [1.165, 1.54) is 6.20 Å². The van der Waals surface area contributed by atoms with Crippen LogP contribution in [0, 0.1) is 0 Å². The van der Waals surface area contributed by atoms with E-state index in [9.17, 15) is 4.79 Å². The molecule has 3 aromatic rings. The highest BCUT2D eigenvalue weighted by atomic mass is 35.5. The predicted molar refractivity (Wildman–Crippen MR) is 114 cm³/mol. The van der Waals surface area contributed by atoms with Crippen molar-refractivity contribution < 1.29 is 14.3 Å². The normalized spacial score (nSPS) is 10.6. The number of nitrogens with one attached hydrogen (secondary N) is 2. The Balaban J connectivity index is 1.67. The molecule has 7 heteroatoms. The first-order valence-electron chi connectivity index (χ1n) is 9.58. The summed E-state index contributed by atoms with van der Waals surface area (Å²) in [5, 5.41) is 10.3. The fraction of sp³-hybridized carbons (Fsp3) is 0.273. The average Bonchev–Trinajstić information content (AvgIpc) is 3.23. The van der Waals surface area contributed by atoms with Crippen LogP contribution in [0.5, 0.6) is 11.5 Å². The number of nitrogens with zero attached hydrogens (tertiary/aromatic N) is 1. The molecule has 29 heavy (non-hydrogen) atoms. The number of hydrogen-bond acceptors (Lipinski definition) is 4. The first-order chi connectivity index (χ1) is 14.1. The topological polar surface area (TPSA) is 76.2 Å². The SMILES string of the molecule is CCCOc1ccc(CNC(=O)c2cn[nH]c2-c2ccc(OCC)c(Cl)c2)cc1. The third-order valence-corrected chi connectivity index (χ3v) is 4.55. The number of H-pyrrole nitrogens is 1. The molecule has 0 fully saturated rings. The number of carbonyl (C=O) groups is 1. The molecule has 3 rings (SSSR count). The van der Waals surface area contributed by atoms with Gasteiger partial charge in [-0.25, -0.2) is 0 Å². The molecule has 2 N–H and O–H groups in total. The van der Waals surface area contributed by atoms with E-state index in [-0.39, 0.29) is 5.91 Å². The molecule has 1 amide bonds. The van der Waals surface area contributed by atoms with Gasteiger partial charge in [-0.3, -0.25) is 9.89 Å². The van der Waals surface area contributed by atoms with E-state index in [4.69, 9.17) is 21.1 Å². The summed E-state index contributed by atoms with van der Waals surface area (Å²) >= 11 is 6.27. The van der Waals surface area contributed by atoms with Gasteiger partial charge in [0.15, 0.2) is 0 Å². The van der Waals surface area contributed by atoms with Crippen LogP contribution in [0.1, 0.15) is 36.2 Å². The maximum Gasteiger partial charge on any atom is 0.255 e. The third kappa shape index (κ3) is 5.29. The molecule has 2 aromatic carbocycles. The van der Waals surface area contributed by atoms with Crippen molar-refractivity contribution in [1.82, 2.24) is 15.5 Å². The van der Waals surface area contributed by atoms with Crippen LogP contribution in [0.2, 0.25) is 5.02 Å². The number of halogens is 1. The molecule has 152 valence electrons. The second-order valence-electron chi connectivity index (χ2n) is 6.41. The minimum absolute atomic E-state index is 0.218. The minimum atomic E-state index is -0.218. The molecule has 0 bridgehead atoms. The molecule has 0 aliphatic heterocycles. The molecule has 6 nitrogen and oxygen atoms in total. The van der Waals surface area contributed by atoms with E-state index in [1.807, 2.05) is 37.3 Å². The Kier molecular flexibility index (Phi) is 7.14. The molecular formula is C22H24ClN3O3. The Bertz CT molecular complexity index is 954. The fourth-order valence-corrected chi connectivity index (χ4v) is 3.04. The summed E-state index contributed by atoms with van der Waals surface area (Å²) in [6, 6.07) is 13.1. The highest BCUT2D eigenvalue weighted by Crippen LogP contribution is 2.31. The zero-order valence-corrected chi connectivity index (χ0v) is 17.3. The molecular weight excluding hydrogens is 390 g/mol. The third-order valence-electron chi connectivity index (χ3n) is 4.25. The number of benzene rings is 2. The summed E-state index contributed by atoms with van der Waals surface area (Å²) in [5.74, 6) is 1.21. The molecule has 1 heterocycles. The van der Waals surface area contributed by atoms with Crippen molar-refractivity contribution in [2.75, 3.05) is 13.2 Å². The molecule has 0 saturated heterocycles. The summed E-state index contributed by atoms with van der Waals surface area (Å²) in [4.78, 5) is 12.7. The van der Waals surface area contributed by atoms with E-state index in [0.29, 0.717) is 41.8 Å². The van der Waals surface area contributed by atoms with Gasteiger partial charge in [0.05, 0.1) is 35.7 Å². The van der Waals surface area contributed by atoms with Gasteiger partial charge in [0, 0.05) is 12.1 Å². The van der Waals surface area contributed by atoms with Crippen LogP contribution in [0.3, 0.4) is 0 Å². The van der Waals surface area contributed by atoms with Crippen LogP contribution in [0.15, 0.2) is 48.7 Å². The Morgan fingerprint density at radius 2 is 1.93 bits per heavy atom. The number of rotatable bonds is 9. The van der Waals surface area contributed by atoms with Crippen molar-refractivity contribution >= 4 is 17.5 Å². The van der Waals surface area contributed by atoms with Crippen LogP contribution in [0.25, 0.3) is 11.3 Å². The van der Waals surface area contributed by atoms with Crippen LogP contribution in [-0.2, 0) is 6.54 Å². The largest absolute Gasteiger partial charge is 0.494 e. The minimum Gasteiger partial charge on any atom is -0.494 e. The Morgan fingerprint density at radius 3 is 2.62 bits per heavy atom. The number of hydrogen-bond donors (Lipinski definition) is 2. The predicted octanol–water partition coefficient (Wildman–Crippen LogP) is 4.85. The van der Waals surface area contributed by atoms with Crippen molar-refractivity contribution in [3.05, 3.63) is 64.8 Å². The van der Waals surface area contributed by atoms with Crippen molar-refractivity contribution in [3.63, 3.8) is 0 Å². The van der Waals surface area contributed by atoms with Gasteiger partial charge in [-0.15, -0.1) is 0 Å². The summed E-state index contributed by atoms with van der Waals surface area (Å²) < 4.78 is 11.0. The van der Waals surface area contributed by atoms with Crippen LogP contribution >= 0.6 is 11.6 Å². The lowest BCUT2D eigenvalue weighted by Gasteiger charge is -2.09. The van der Waals surface area contributed by atoms with Crippen molar-refractivity contribution in [1.29, 1.82) is 0 Å². The standard InChI is InChI=1S/C22H24ClN3O3/c1-3-11-29-17-8-5-15(6-9-17)13-24-22(27)18-14-25-26-21(18)16-7-10-20(28-4-2)19(23)12-16/h5-10,12,14H,3-4,11,13H2,1-2H3,(H,24,27)(H,25,26). The lowest BCUT2D eigenvalue weighted by molar-refractivity contribution is 0.0951. The zero-order chi connectivity index (χ0) is 20.6. The molecule has 1 aromatic heterocycles. The summed E-state index contributed by atoms with van der Waals surface area (Å²) in [5.41, 5.74) is 2.80. The quantitative estimate of drug-likeness (QED) is 0.525. The van der Waals surface area contributed by atoms with Gasteiger partial charge in [0.1, 0.15) is 11.5 Å².